The normalized spacial score (nSPS) is 13.2. The largest absolute Gasteiger partial charge is 0.295 e. The van der Waals surface area contributed by atoms with E-state index in [0.717, 1.165) is 12.8 Å². The number of hydrogen-bond acceptors (Lipinski definition) is 3. The molecule has 0 saturated heterocycles. The second kappa shape index (κ2) is 6.91. The minimum Gasteiger partial charge on any atom is -0.295 e. The topological polar surface area (TPSA) is 71.4 Å². The molecule has 0 aliphatic heterocycles. The van der Waals surface area contributed by atoms with Crippen LogP contribution in [0.2, 0.25) is 0 Å². The van der Waals surface area contributed by atoms with Gasteiger partial charge < -0.3 is 0 Å². The van der Waals surface area contributed by atoms with Gasteiger partial charge in [-0.05, 0) is 19.8 Å². The summed E-state index contributed by atoms with van der Waals surface area (Å²) in [6.45, 7) is 7.38. The van der Waals surface area contributed by atoms with Crippen molar-refractivity contribution in [2.75, 3.05) is 5.75 Å². The van der Waals surface area contributed by atoms with Gasteiger partial charge >= 0.3 is 0 Å². The fourth-order valence-corrected chi connectivity index (χ4v) is 2.54. The highest BCUT2D eigenvalue weighted by Crippen LogP contribution is 2.16. The van der Waals surface area contributed by atoms with Crippen LogP contribution in [0.25, 0.3) is 0 Å². The minimum atomic E-state index is -4.14. The Kier molecular flexibility index (Phi) is 6.64. The summed E-state index contributed by atoms with van der Waals surface area (Å²) < 4.78 is 30.5. The maximum absolute atomic E-state index is 11.9. The molecule has 4 nitrogen and oxygen atoms in total. The summed E-state index contributed by atoms with van der Waals surface area (Å²) in [6, 6.07) is 0. The molecule has 0 bridgehead atoms. The summed E-state index contributed by atoms with van der Waals surface area (Å²) >= 11 is 0. The molecule has 0 saturated carbocycles. The lowest BCUT2D eigenvalue weighted by molar-refractivity contribution is -0.116. The summed E-state index contributed by atoms with van der Waals surface area (Å²) in [5.74, 6) is -0.515. The number of allylic oxidation sites excluding steroid dienone is 1. The predicted molar refractivity (Wildman–Crippen MR) is 68.5 cm³/mol. The molecule has 0 fully saturated rings. The monoisotopic (exact) mass is 262 g/mol. The van der Waals surface area contributed by atoms with Crippen LogP contribution in [0.1, 0.15) is 47.0 Å². The zero-order valence-corrected chi connectivity index (χ0v) is 11.8. The smallest absolute Gasteiger partial charge is 0.269 e. The number of carbonyl (C=O) groups excluding carboxylic acids is 1. The van der Waals surface area contributed by atoms with Gasteiger partial charge in [0.25, 0.3) is 10.1 Å². The first-order valence-electron chi connectivity index (χ1n) is 5.82. The van der Waals surface area contributed by atoms with Crippen LogP contribution in [0.5, 0.6) is 0 Å². The number of Topliss-reactive ketones (excluding diaryl/α,β-unsaturated/α-hetero) is 1. The Morgan fingerprint density at radius 2 is 1.82 bits per heavy atom. The van der Waals surface area contributed by atoms with Gasteiger partial charge in [0, 0.05) is 12.0 Å². The first kappa shape index (κ1) is 16.3. The molecule has 0 aromatic heterocycles. The zero-order chi connectivity index (χ0) is 13.6. The summed E-state index contributed by atoms with van der Waals surface area (Å²) in [4.78, 5) is 11.9. The van der Waals surface area contributed by atoms with E-state index in [-0.39, 0.29) is 17.3 Å². The highest BCUT2D eigenvalue weighted by Gasteiger charge is 2.19. The van der Waals surface area contributed by atoms with Gasteiger partial charge in [0.2, 0.25) is 0 Å². The van der Waals surface area contributed by atoms with Crippen LogP contribution in [0, 0.1) is 5.92 Å². The van der Waals surface area contributed by atoms with Gasteiger partial charge in [-0.25, -0.2) is 0 Å². The molecule has 0 aliphatic carbocycles. The molecule has 0 amide bonds. The van der Waals surface area contributed by atoms with Crippen LogP contribution < -0.4 is 0 Å². The third-order valence-electron chi connectivity index (χ3n) is 2.58. The average molecular weight is 262 g/mol. The van der Waals surface area contributed by atoms with E-state index >= 15 is 0 Å². The molecule has 1 unspecified atom stereocenters. The van der Waals surface area contributed by atoms with Crippen LogP contribution >= 0.6 is 0 Å². The standard InChI is InChI=1S/C12H22O4S/c1-5-6-10(4)7-12(13)11(9(2)3)8-17(14,15)16/h10H,5-8H2,1-4H3,(H,14,15,16). The third-order valence-corrected chi connectivity index (χ3v) is 3.24. The van der Waals surface area contributed by atoms with E-state index in [2.05, 4.69) is 0 Å². The van der Waals surface area contributed by atoms with Gasteiger partial charge in [0.15, 0.2) is 5.78 Å². The molecule has 0 aromatic rings. The van der Waals surface area contributed by atoms with Gasteiger partial charge in [0.1, 0.15) is 5.75 Å². The number of rotatable bonds is 7. The lowest BCUT2D eigenvalue weighted by Crippen LogP contribution is -2.17. The van der Waals surface area contributed by atoms with Crippen molar-refractivity contribution in [2.45, 2.75) is 47.0 Å². The van der Waals surface area contributed by atoms with Crippen molar-refractivity contribution in [3.05, 3.63) is 11.1 Å². The van der Waals surface area contributed by atoms with Gasteiger partial charge in [-0.2, -0.15) is 8.42 Å². The van der Waals surface area contributed by atoms with E-state index in [0.29, 0.717) is 12.0 Å². The molecule has 0 radical (unpaired) electrons. The van der Waals surface area contributed by atoms with Crippen molar-refractivity contribution >= 4 is 15.9 Å². The third kappa shape index (κ3) is 7.28. The van der Waals surface area contributed by atoms with Gasteiger partial charge in [0.05, 0.1) is 0 Å². The Balaban J connectivity index is 4.77. The van der Waals surface area contributed by atoms with Crippen molar-refractivity contribution in [3.8, 4) is 0 Å². The van der Waals surface area contributed by atoms with Gasteiger partial charge in [-0.3, -0.25) is 9.35 Å². The van der Waals surface area contributed by atoms with Crippen LogP contribution in [0.3, 0.4) is 0 Å². The molecule has 0 rings (SSSR count). The zero-order valence-electron chi connectivity index (χ0n) is 11.0. The van der Waals surface area contributed by atoms with E-state index in [4.69, 9.17) is 4.55 Å². The molecule has 0 heterocycles. The predicted octanol–water partition coefficient (Wildman–Crippen LogP) is 2.61. The van der Waals surface area contributed by atoms with E-state index in [1.165, 1.54) is 0 Å². The molecule has 1 atom stereocenters. The molecular weight excluding hydrogens is 240 g/mol. The molecule has 1 N–H and O–H groups in total. The van der Waals surface area contributed by atoms with E-state index < -0.39 is 15.9 Å². The first-order chi connectivity index (χ1) is 7.67. The lowest BCUT2D eigenvalue weighted by Gasteiger charge is -2.12. The minimum absolute atomic E-state index is 0.177. The second-order valence-corrected chi connectivity index (χ2v) is 6.18. The number of hydrogen-bond donors (Lipinski definition) is 1. The Morgan fingerprint density at radius 1 is 1.29 bits per heavy atom. The summed E-state index contributed by atoms with van der Waals surface area (Å²) in [5.41, 5.74) is 0.867. The van der Waals surface area contributed by atoms with Crippen molar-refractivity contribution in [2.24, 2.45) is 5.92 Å². The number of carbonyl (C=O) groups is 1. The van der Waals surface area contributed by atoms with Crippen LogP contribution in [-0.2, 0) is 14.9 Å². The molecule has 5 heteroatoms. The molecule has 17 heavy (non-hydrogen) atoms. The van der Waals surface area contributed by atoms with E-state index in [1.54, 1.807) is 13.8 Å². The van der Waals surface area contributed by atoms with Crippen LogP contribution in [0.4, 0.5) is 0 Å². The van der Waals surface area contributed by atoms with Crippen molar-refractivity contribution < 1.29 is 17.8 Å². The second-order valence-electron chi connectivity index (χ2n) is 4.73. The molecule has 0 spiro atoms. The van der Waals surface area contributed by atoms with E-state index in [1.807, 2.05) is 13.8 Å². The summed E-state index contributed by atoms with van der Waals surface area (Å²) in [7, 11) is -4.14. The maximum Gasteiger partial charge on any atom is 0.269 e. The van der Waals surface area contributed by atoms with Crippen molar-refractivity contribution in [3.63, 3.8) is 0 Å². The summed E-state index contributed by atoms with van der Waals surface area (Å²) in [5, 5.41) is 0. The Labute approximate surface area is 104 Å². The molecule has 0 aliphatic rings. The van der Waals surface area contributed by atoms with Crippen molar-refractivity contribution in [1.82, 2.24) is 0 Å². The highest BCUT2D eigenvalue weighted by molar-refractivity contribution is 7.86. The number of ketones is 1. The Bertz CT molecular complexity index is 389. The SMILES string of the molecule is CCCC(C)CC(=O)C(CS(=O)(=O)O)=C(C)C. The molecular formula is C12H22O4S. The first-order valence-corrected chi connectivity index (χ1v) is 7.43. The van der Waals surface area contributed by atoms with Gasteiger partial charge in [-0.15, -0.1) is 0 Å². The van der Waals surface area contributed by atoms with Crippen LogP contribution in [0.15, 0.2) is 11.1 Å². The van der Waals surface area contributed by atoms with Crippen LogP contribution in [-0.4, -0.2) is 24.5 Å². The Hall–Kier alpha value is -0.680. The fraction of sp³-hybridized carbons (Fsp3) is 0.750. The average Bonchev–Trinajstić information content (AvgIpc) is 2.12. The van der Waals surface area contributed by atoms with E-state index in [9.17, 15) is 13.2 Å². The lowest BCUT2D eigenvalue weighted by atomic mass is 9.95. The fourth-order valence-electron chi connectivity index (χ4n) is 1.72. The maximum atomic E-state index is 11.9. The van der Waals surface area contributed by atoms with Crippen molar-refractivity contribution in [1.29, 1.82) is 0 Å². The molecule has 0 aromatic carbocycles. The summed E-state index contributed by atoms with van der Waals surface area (Å²) in [6.07, 6.45) is 2.27. The Morgan fingerprint density at radius 3 is 2.18 bits per heavy atom. The highest BCUT2D eigenvalue weighted by atomic mass is 32.2. The quantitative estimate of drug-likeness (QED) is 0.565. The van der Waals surface area contributed by atoms with Gasteiger partial charge in [-0.1, -0.05) is 32.3 Å². The molecule has 100 valence electrons.